The maximum absolute atomic E-state index is 6.25. The van der Waals surface area contributed by atoms with Gasteiger partial charge in [0.05, 0.1) is 23.8 Å². The molecule has 2 aromatic carbocycles. The van der Waals surface area contributed by atoms with Crippen LogP contribution in [0, 0.1) is 0 Å². The monoisotopic (exact) mass is 526 g/mol. The Kier molecular flexibility index (Phi) is 8.02. The molecule has 4 aromatic rings. The van der Waals surface area contributed by atoms with Crippen LogP contribution >= 0.6 is 27.5 Å². The minimum atomic E-state index is 0.686. The van der Waals surface area contributed by atoms with Crippen LogP contribution in [0.3, 0.4) is 0 Å². The molecule has 0 unspecified atom stereocenters. The van der Waals surface area contributed by atoms with Gasteiger partial charge in [-0.1, -0.05) is 24.6 Å². The second-order valence-electron chi connectivity index (χ2n) is 8.04. The summed E-state index contributed by atoms with van der Waals surface area (Å²) in [6.07, 6.45) is 3.94. The Morgan fingerprint density at radius 3 is 2.73 bits per heavy atom. The predicted molar refractivity (Wildman–Crippen MR) is 141 cm³/mol. The van der Waals surface area contributed by atoms with Crippen molar-refractivity contribution < 1.29 is 4.74 Å². The van der Waals surface area contributed by atoms with Crippen LogP contribution in [0.4, 0.5) is 5.69 Å². The van der Waals surface area contributed by atoms with Crippen molar-refractivity contribution in [3.8, 4) is 5.75 Å². The molecule has 0 aliphatic rings. The van der Waals surface area contributed by atoms with Crippen LogP contribution in [0.1, 0.15) is 25.3 Å². The van der Waals surface area contributed by atoms with Gasteiger partial charge in [0, 0.05) is 41.6 Å². The highest BCUT2D eigenvalue weighted by molar-refractivity contribution is 9.10. The fourth-order valence-corrected chi connectivity index (χ4v) is 4.64. The normalized spacial score (nSPS) is 11.4. The first-order chi connectivity index (χ1) is 16.1. The number of halogens is 2. The highest BCUT2D eigenvalue weighted by Crippen LogP contribution is 2.34. The maximum atomic E-state index is 6.25. The summed E-state index contributed by atoms with van der Waals surface area (Å²) in [4.78, 5) is 11.7. The van der Waals surface area contributed by atoms with Gasteiger partial charge in [0.2, 0.25) is 0 Å². The Morgan fingerprint density at radius 2 is 1.94 bits per heavy atom. The summed E-state index contributed by atoms with van der Waals surface area (Å²) in [5.41, 5.74) is 4.09. The highest BCUT2D eigenvalue weighted by Gasteiger charge is 2.12. The Hall–Kier alpha value is -2.41. The van der Waals surface area contributed by atoms with Gasteiger partial charge in [-0.25, -0.2) is 9.97 Å². The number of anilines is 1. The maximum Gasteiger partial charge on any atom is 0.119 e. The number of rotatable bonds is 10. The van der Waals surface area contributed by atoms with Crippen LogP contribution in [0.15, 0.2) is 59.3 Å². The van der Waals surface area contributed by atoms with Gasteiger partial charge in [-0.3, -0.25) is 4.90 Å². The summed E-state index contributed by atoms with van der Waals surface area (Å²) in [6.45, 7) is 6.01. The number of nitrogens with one attached hydrogen (secondary N) is 1. The van der Waals surface area contributed by atoms with Gasteiger partial charge in [-0.05, 0) is 83.3 Å². The zero-order valence-electron chi connectivity index (χ0n) is 18.9. The van der Waals surface area contributed by atoms with E-state index < -0.39 is 0 Å². The predicted octanol–water partition coefficient (Wildman–Crippen LogP) is 6.92. The minimum Gasteiger partial charge on any atom is -0.497 e. The van der Waals surface area contributed by atoms with Crippen LogP contribution in [0.25, 0.3) is 21.8 Å². The van der Waals surface area contributed by atoms with Gasteiger partial charge in [-0.15, -0.1) is 0 Å². The summed E-state index contributed by atoms with van der Waals surface area (Å²) < 4.78 is 6.39. The largest absolute Gasteiger partial charge is 0.497 e. The third kappa shape index (κ3) is 5.75. The van der Waals surface area contributed by atoms with E-state index in [4.69, 9.17) is 21.3 Å². The molecule has 0 spiro atoms. The summed E-state index contributed by atoms with van der Waals surface area (Å²) in [7, 11) is 1.69. The summed E-state index contributed by atoms with van der Waals surface area (Å²) in [6, 6.07) is 16.0. The SMILES string of the molecule is CCCN(CCCNc1c2ccc(Cl)cc2nc2ccc(OC)cc12)Cc1cccnc1Br. The van der Waals surface area contributed by atoms with E-state index in [2.05, 4.69) is 44.1 Å². The van der Waals surface area contributed by atoms with E-state index >= 15 is 0 Å². The van der Waals surface area contributed by atoms with Crippen molar-refractivity contribution in [2.24, 2.45) is 0 Å². The third-order valence-electron chi connectivity index (χ3n) is 5.67. The Bertz CT molecular complexity index is 1250. The minimum absolute atomic E-state index is 0.686. The zero-order chi connectivity index (χ0) is 23.2. The number of pyridine rings is 2. The lowest BCUT2D eigenvalue weighted by Crippen LogP contribution is -2.27. The van der Waals surface area contributed by atoms with Gasteiger partial charge >= 0.3 is 0 Å². The first-order valence-corrected chi connectivity index (χ1v) is 12.4. The zero-order valence-corrected chi connectivity index (χ0v) is 21.3. The molecule has 7 heteroatoms. The molecule has 0 atom stereocenters. The molecule has 2 aromatic heterocycles. The first-order valence-electron chi connectivity index (χ1n) is 11.2. The molecule has 0 amide bonds. The first kappa shape index (κ1) is 23.7. The van der Waals surface area contributed by atoms with Crippen molar-refractivity contribution in [1.82, 2.24) is 14.9 Å². The fourth-order valence-electron chi connectivity index (χ4n) is 4.09. The number of benzene rings is 2. The molecule has 33 heavy (non-hydrogen) atoms. The van der Waals surface area contributed by atoms with E-state index in [1.165, 1.54) is 5.56 Å². The second-order valence-corrected chi connectivity index (χ2v) is 9.23. The molecular weight excluding hydrogens is 500 g/mol. The molecule has 172 valence electrons. The standard InChI is InChI=1S/C26H28BrClN4O/c1-3-13-32(17-18-6-4-11-30-26(18)27)14-5-12-29-25-21-9-7-19(28)15-24(21)31-23-10-8-20(33-2)16-22(23)25/h4,6-11,15-16H,3,5,12-14,17H2,1-2H3,(H,29,31). The van der Waals surface area contributed by atoms with Crippen molar-refractivity contribution in [2.45, 2.75) is 26.3 Å². The van der Waals surface area contributed by atoms with Gasteiger partial charge in [0.25, 0.3) is 0 Å². The number of fused-ring (bicyclic) bond motifs is 2. The molecule has 0 aliphatic carbocycles. The molecule has 0 aliphatic heterocycles. The average Bonchev–Trinajstić information content (AvgIpc) is 2.82. The summed E-state index contributed by atoms with van der Waals surface area (Å²) in [5.74, 6) is 0.817. The molecule has 0 saturated carbocycles. The molecule has 4 rings (SSSR count). The molecule has 1 N–H and O–H groups in total. The lowest BCUT2D eigenvalue weighted by atomic mass is 10.1. The van der Waals surface area contributed by atoms with Crippen molar-refractivity contribution >= 4 is 55.0 Å². The van der Waals surface area contributed by atoms with Crippen LogP contribution in [-0.4, -0.2) is 41.6 Å². The van der Waals surface area contributed by atoms with E-state index in [1.54, 1.807) is 7.11 Å². The molecule has 0 saturated heterocycles. The number of aromatic nitrogens is 2. The van der Waals surface area contributed by atoms with E-state index in [0.29, 0.717) is 5.02 Å². The van der Waals surface area contributed by atoms with Gasteiger partial charge in [0.1, 0.15) is 10.4 Å². The molecule has 0 bridgehead atoms. The number of nitrogens with zero attached hydrogens (tertiary/aromatic N) is 3. The van der Waals surface area contributed by atoms with Crippen LogP contribution in [-0.2, 0) is 6.54 Å². The van der Waals surface area contributed by atoms with E-state index in [1.807, 2.05) is 48.7 Å². The van der Waals surface area contributed by atoms with Crippen molar-refractivity contribution in [1.29, 1.82) is 0 Å². The molecule has 5 nitrogen and oxygen atoms in total. The topological polar surface area (TPSA) is 50.3 Å². The third-order valence-corrected chi connectivity index (χ3v) is 6.62. The quantitative estimate of drug-likeness (QED) is 0.138. The van der Waals surface area contributed by atoms with Crippen LogP contribution < -0.4 is 10.1 Å². The van der Waals surface area contributed by atoms with Crippen molar-refractivity contribution in [2.75, 3.05) is 32.1 Å². The number of methoxy groups -OCH3 is 1. The fraction of sp³-hybridized carbons (Fsp3) is 0.308. The van der Waals surface area contributed by atoms with Crippen molar-refractivity contribution in [3.63, 3.8) is 0 Å². The van der Waals surface area contributed by atoms with Crippen LogP contribution in [0.2, 0.25) is 5.02 Å². The number of hydrogen-bond acceptors (Lipinski definition) is 5. The summed E-state index contributed by atoms with van der Waals surface area (Å²) in [5, 5.41) is 6.48. The molecule has 0 radical (unpaired) electrons. The number of ether oxygens (including phenoxy) is 1. The van der Waals surface area contributed by atoms with E-state index in [9.17, 15) is 0 Å². The smallest absolute Gasteiger partial charge is 0.119 e. The Balaban J connectivity index is 1.52. The van der Waals surface area contributed by atoms with E-state index in [0.717, 1.165) is 76.9 Å². The van der Waals surface area contributed by atoms with Crippen LogP contribution in [0.5, 0.6) is 5.75 Å². The number of hydrogen-bond donors (Lipinski definition) is 1. The Labute approximate surface area is 208 Å². The van der Waals surface area contributed by atoms with Gasteiger partial charge in [0.15, 0.2) is 0 Å². The average molecular weight is 528 g/mol. The Morgan fingerprint density at radius 1 is 1.06 bits per heavy atom. The molecule has 2 heterocycles. The summed E-state index contributed by atoms with van der Waals surface area (Å²) >= 11 is 9.82. The molecular formula is C26H28BrClN4O. The lowest BCUT2D eigenvalue weighted by Gasteiger charge is -2.22. The van der Waals surface area contributed by atoms with Gasteiger partial charge in [-0.2, -0.15) is 0 Å². The second kappa shape index (κ2) is 11.1. The molecule has 0 fully saturated rings. The van der Waals surface area contributed by atoms with Crippen molar-refractivity contribution in [3.05, 3.63) is 69.9 Å². The van der Waals surface area contributed by atoms with Gasteiger partial charge < -0.3 is 10.1 Å². The van der Waals surface area contributed by atoms with E-state index in [-0.39, 0.29) is 0 Å². The lowest BCUT2D eigenvalue weighted by molar-refractivity contribution is 0.264. The highest BCUT2D eigenvalue weighted by atomic mass is 79.9.